The zero-order valence-electron chi connectivity index (χ0n) is 7.93. The first kappa shape index (κ1) is 10.3. The van der Waals surface area contributed by atoms with Gasteiger partial charge in [-0.25, -0.2) is 4.79 Å². The number of hydrogen-bond donors (Lipinski definition) is 1. The molecule has 14 heavy (non-hydrogen) atoms. The zero-order chi connectivity index (χ0) is 10.4. The van der Waals surface area contributed by atoms with Crippen LogP contribution in [-0.2, 0) is 9.53 Å². The van der Waals surface area contributed by atoms with Crippen molar-refractivity contribution in [3.8, 4) is 0 Å². The van der Waals surface area contributed by atoms with Crippen LogP contribution in [0.4, 0.5) is 0 Å². The van der Waals surface area contributed by atoms with Crippen molar-refractivity contribution in [1.29, 1.82) is 0 Å². The molecule has 74 valence electrons. The van der Waals surface area contributed by atoms with Crippen LogP contribution in [0.15, 0.2) is 36.6 Å². The number of carbonyl (C=O) groups excluding carboxylic acids is 1. The Balaban J connectivity index is 2.89. The second kappa shape index (κ2) is 5.07. The Morgan fingerprint density at radius 2 is 2.07 bits per heavy atom. The molecule has 0 saturated carbocycles. The summed E-state index contributed by atoms with van der Waals surface area (Å²) in [4.78, 5) is 11.3. The number of ether oxygens (including phenoxy) is 1. The lowest BCUT2D eigenvalue weighted by Gasteiger charge is -2.04. The fourth-order valence-corrected chi connectivity index (χ4v) is 1.07. The van der Waals surface area contributed by atoms with E-state index < -0.39 is 5.97 Å². The van der Waals surface area contributed by atoms with Crippen LogP contribution in [0.2, 0.25) is 0 Å². The fraction of sp³-hybridized carbons (Fsp3) is 0.182. The predicted octanol–water partition coefficient (Wildman–Crippen LogP) is 2.15. The lowest BCUT2D eigenvalue weighted by atomic mass is 10.1. The highest BCUT2D eigenvalue weighted by molar-refractivity contribution is 6.16. The van der Waals surface area contributed by atoms with Crippen LogP contribution < -0.4 is 0 Å². The van der Waals surface area contributed by atoms with Crippen LogP contribution in [0, 0.1) is 0 Å². The number of aliphatic hydroxyl groups is 1. The van der Waals surface area contributed by atoms with Crippen molar-refractivity contribution in [3.63, 3.8) is 0 Å². The molecule has 0 unspecified atom stereocenters. The molecule has 0 radical (unpaired) electrons. The first-order valence-electron chi connectivity index (χ1n) is 4.36. The molecule has 1 N–H and O–H groups in total. The first-order chi connectivity index (χ1) is 6.79. The summed E-state index contributed by atoms with van der Waals surface area (Å²) in [5, 5.41) is 8.91. The van der Waals surface area contributed by atoms with E-state index in [1.165, 1.54) is 0 Å². The van der Waals surface area contributed by atoms with Crippen LogP contribution in [0.25, 0.3) is 5.57 Å². The third kappa shape index (κ3) is 2.36. The summed E-state index contributed by atoms with van der Waals surface area (Å²) in [6.45, 7) is 2.01. The highest BCUT2D eigenvalue weighted by Gasteiger charge is 2.12. The summed E-state index contributed by atoms with van der Waals surface area (Å²) in [5.74, 6) is -0.513. The van der Waals surface area contributed by atoms with Gasteiger partial charge in [0.25, 0.3) is 0 Å². The second-order valence-corrected chi connectivity index (χ2v) is 2.63. The van der Waals surface area contributed by atoms with Crippen LogP contribution in [0.3, 0.4) is 0 Å². The van der Waals surface area contributed by atoms with Gasteiger partial charge >= 0.3 is 5.97 Å². The Kier molecular flexibility index (Phi) is 3.73. The van der Waals surface area contributed by atoms with Gasteiger partial charge in [0.2, 0.25) is 0 Å². The van der Waals surface area contributed by atoms with Crippen LogP contribution in [0.1, 0.15) is 12.5 Å². The molecule has 0 amide bonds. The zero-order valence-corrected chi connectivity index (χ0v) is 7.93. The summed E-state index contributed by atoms with van der Waals surface area (Å²) < 4.78 is 4.78. The Bertz CT molecular complexity index is 328. The lowest BCUT2D eigenvalue weighted by molar-refractivity contribution is -0.136. The van der Waals surface area contributed by atoms with Gasteiger partial charge in [0, 0.05) is 0 Å². The molecule has 1 aromatic rings. The predicted molar refractivity (Wildman–Crippen MR) is 53.7 cm³/mol. The highest BCUT2D eigenvalue weighted by Crippen LogP contribution is 2.14. The highest BCUT2D eigenvalue weighted by atomic mass is 16.5. The quantitative estimate of drug-likeness (QED) is 0.453. The van der Waals surface area contributed by atoms with Crippen LogP contribution in [-0.4, -0.2) is 17.7 Å². The van der Waals surface area contributed by atoms with Gasteiger partial charge in [-0.1, -0.05) is 30.3 Å². The molecule has 1 rings (SSSR count). The minimum atomic E-state index is -0.513. The van der Waals surface area contributed by atoms with E-state index in [-0.39, 0.29) is 5.57 Å². The van der Waals surface area contributed by atoms with Gasteiger partial charge < -0.3 is 9.84 Å². The van der Waals surface area contributed by atoms with E-state index >= 15 is 0 Å². The van der Waals surface area contributed by atoms with Crippen molar-refractivity contribution in [1.82, 2.24) is 0 Å². The standard InChI is InChI=1S/C11H12O3/c1-2-14-11(13)10(8-12)9-6-4-3-5-7-9/h3-8,12H,2H2,1H3/b10-8+. The van der Waals surface area contributed by atoms with Crippen molar-refractivity contribution in [2.75, 3.05) is 6.61 Å². The molecule has 1 aromatic carbocycles. The molecule has 0 spiro atoms. The van der Waals surface area contributed by atoms with Crippen LogP contribution >= 0.6 is 0 Å². The second-order valence-electron chi connectivity index (χ2n) is 2.63. The van der Waals surface area contributed by atoms with Crippen molar-refractivity contribution < 1.29 is 14.6 Å². The van der Waals surface area contributed by atoms with Crippen molar-refractivity contribution >= 4 is 11.5 Å². The van der Waals surface area contributed by atoms with Crippen molar-refractivity contribution in [2.45, 2.75) is 6.92 Å². The average molecular weight is 192 g/mol. The number of benzene rings is 1. The van der Waals surface area contributed by atoms with Gasteiger partial charge in [0.1, 0.15) is 5.57 Å². The van der Waals surface area contributed by atoms with Gasteiger partial charge in [-0.2, -0.15) is 0 Å². The Labute approximate surface area is 82.6 Å². The molecule has 3 nitrogen and oxygen atoms in total. The molecule has 0 bridgehead atoms. The fourth-order valence-electron chi connectivity index (χ4n) is 1.07. The monoisotopic (exact) mass is 192 g/mol. The summed E-state index contributed by atoms with van der Waals surface area (Å²) in [6, 6.07) is 8.89. The maximum absolute atomic E-state index is 11.3. The average Bonchev–Trinajstić information content (AvgIpc) is 2.21. The lowest BCUT2D eigenvalue weighted by Crippen LogP contribution is -2.06. The third-order valence-corrected chi connectivity index (χ3v) is 1.71. The molecule has 0 aliphatic heterocycles. The van der Waals surface area contributed by atoms with Gasteiger partial charge in [-0.15, -0.1) is 0 Å². The molecule has 0 fully saturated rings. The number of carbonyl (C=O) groups is 1. The molecular weight excluding hydrogens is 180 g/mol. The molecule has 0 aliphatic rings. The van der Waals surface area contributed by atoms with E-state index in [2.05, 4.69) is 0 Å². The number of hydrogen-bond acceptors (Lipinski definition) is 3. The summed E-state index contributed by atoms with van der Waals surface area (Å²) in [7, 11) is 0. The molecule has 0 saturated heterocycles. The maximum Gasteiger partial charge on any atom is 0.341 e. The largest absolute Gasteiger partial charge is 0.515 e. The van der Waals surface area contributed by atoms with Crippen molar-refractivity contribution in [3.05, 3.63) is 42.2 Å². The molecular formula is C11H12O3. The van der Waals surface area contributed by atoms with Gasteiger partial charge in [0.05, 0.1) is 12.9 Å². The minimum absolute atomic E-state index is 0.174. The number of rotatable bonds is 3. The molecule has 0 aliphatic carbocycles. The summed E-state index contributed by atoms with van der Waals surface area (Å²) in [5.41, 5.74) is 0.820. The van der Waals surface area contributed by atoms with E-state index in [0.717, 1.165) is 6.26 Å². The molecule has 3 heteroatoms. The van der Waals surface area contributed by atoms with Crippen molar-refractivity contribution in [2.24, 2.45) is 0 Å². The molecule has 0 aromatic heterocycles. The van der Waals surface area contributed by atoms with Gasteiger partial charge in [-0.05, 0) is 12.5 Å². The third-order valence-electron chi connectivity index (χ3n) is 1.71. The normalized spacial score (nSPS) is 11.1. The van der Waals surface area contributed by atoms with E-state index in [1.54, 1.807) is 31.2 Å². The van der Waals surface area contributed by atoms with Gasteiger partial charge in [0.15, 0.2) is 0 Å². The number of esters is 1. The summed E-state index contributed by atoms with van der Waals surface area (Å²) in [6.07, 6.45) is 0.771. The Hall–Kier alpha value is -1.77. The van der Waals surface area contributed by atoms with E-state index in [4.69, 9.17) is 9.84 Å². The van der Waals surface area contributed by atoms with Gasteiger partial charge in [-0.3, -0.25) is 0 Å². The summed E-state index contributed by atoms with van der Waals surface area (Å²) >= 11 is 0. The SMILES string of the molecule is CCOC(=O)/C(=C/O)c1ccccc1. The first-order valence-corrected chi connectivity index (χ1v) is 4.36. The van der Waals surface area contributed by atoms with E-state index in [1.807, 2.05) is 6.07 Å². The molecule has 0 heterocycles. The molecule has 0 atom stereocenters. The van der Waals surface area contributed by atoms with E-state index in [9.17, 15) is 4.79 Å². The maximum atomic E-state index is 11.3. The Morgan fingerprint density at radius 3 is 2.57 bits per heavy atom. The minimum Gasteiger partial charge on any atom is -0.515 e. The number of aliphatic hydroxyl groups excluding tert-OH is 1. The topological polar surface area (TPSA) is 46.5 Å². The van der Waals surface area contributed by atoms with Crippen LogP contribution in [0.5, 0.6) is 0 Å². The Morgan fingerprint density at radius 1 is 1.43 bits per heavy atom. The van der Waals surface area contributed by atoms with E-state index in [0.29, 0.717) is 12.2 Å². The smallest absolute Gasteiger partial charge is 0.341 e.